The van der Waals surface area contributed by atoms with E-state index < -0.39 is 0 Å². The Morgan fingerprint density at radius 1 is 1.11 bits per heavy atom. The molecule has 4 rings (SSSR count). The summed E-state index contributed by atoms with van der Waals surface area (Å²) in [6, 6.07) is 20.5. The summed E-state index contributed by atoms with van der Waals surface area (Å²) < 4.78 is 5.29. The third kappa shape index (κ3) is 4.04. The lowest BCUT2D eigenvalue weighted by Crippen LogP contribution is -2.31. The molecule has 2 aromatic carbocycles. The monoisotopic (exact) mass is 360 g/mol. The largest absolute Gasteiger partial charge is 0.497 e. The van der Waals surface area contributed by atoms with Gasteiger partial charge >= 0.3 is 0 Å². The molecule has 138 valence electrons. The highest BCUT2D eigenvalue weighted by molar-refractivity contribution is 5.62. The van der Waals surface area contributed by atoms with Gasteiger partial charge in [0.1, 0.15) is 17.4 Å². The smallest absolute Gasteiger partial charge is 0.133 e. The number of fused-ring (bicyclic) bond motifs is 1. The first-order valence-corrected chi connectivity index (χ1v) is 9.17. The Bertz CT molecular complexity index is 927. The van der Waals surface area contributed by atoms with Crippen LogP contribution >= 0.6 is 0 Å². The molecule has 1 aromatic heterocycles. The Hall–Kier alpha value is -3.05. The van der Waals surface area contributed by atoms with E-state index in [2.05, 4.69) is 51.6 Å². The Labute approximate surface area is 159 Å². The van der Waals surface area contributed by atoms with Crippen LogP contribution in [0.3, 0.4) is 0 Å². The van der Waals surface area contributed by atoms with E-state index in [1.165, 1.54) is 16.7 Å². The summed E-state index contributed by atoms with van der Waals surface area (Å²) in [5.74, 6) is 2.19. The molecular weight excluding hydrogens is 336 g/mol. The second kappa shape index (κ2) is 7.68. The summed E-state index contributed by atoms with van der Waals surface area (Å²) in [7, 11) is 1.66. The molecule has 2 heterocycles. The van der Waals surface area contributed by atoms with Crippen LogP contribution in [0.1, 0.15) is 16.7 Å². The number of nitrogen functional groups attached to an aromatic ring is 1. The minimum atomic E-state index is 0.622. The Morgan fingerprint density at radius 2 is 1.96 bits per heavy atom. The molecule has 3 N–H and O–H groups in total. The summed E-state index contributed by atoms with van der Waals surface area (Å²) in [5.41, 5.74) is 10.9. The molecule has 0 spiro atoms. The van der Waals surface area contributed by atoms with Crippen LogP contribution in [0.25, 0.3) is 0 Å². The molecule has 0 aliphatic carbocycles. The van der Waals surface area contributed by atoms with Crippen LogP contribution < -0.4 is 15.8 Å². The van der Waals surface area contributed by atoms with E-state index in [4.69, 9.17) is 10.5 Å². The van der Waals surface area contributed by atoms with Crippen LogP contribution in [-0.2, 0) is 19.5 Å². The number of aromatic nitrogens is 1. The van der Waals surface area contributed by atoms with E-state index in [0.717, 1.165) is 43.3 Å². The van der Waals surface area contributed by atoms with Crippen molar-refractivity contribution in [3.8, 4) is 5.75 Å². The van der Waals surface area contributed by atoms with Crippen molar-refractivity contribution in [3.05, 3.63) is 77.4 Å². The predicted molar refractivity (Wildman–Crippen MR) is 109 cm³/mol. The molecule has 27 heavy (non-hydrogen) atoms. The molecular formula is C22H24N4O. The fraction of sp³-hybridized carbons (Fsp3) is 0.227. The second-order valence-electron chi connectivity index (χ2n) is 6.83. The van der Waals surface area contributed by atoms with Gasteiger partial charge in [-0.15, -0.1) is 0 Å². The number of nitrogens with one attached hydrogen (secondary N) is 1. The number of hydrogen-bond donors (Lipinski definition) is 2. The molecule has 0 bridgehead atoms. The molecule has 5 heteroatoms. The zero-order chi connectivity index (χ0) is 18.6. The molecule has 0 amide bonds. The lowest BCUT2D eigenvalue weighted by Gasteiger charge is -2.29. The number of rotatable bonds is 5. The average molecular weight is 360 g/mol. The third-order valence-corrected chi connectivity index (χ3v) is 4.91. The average Bonchev–Trinajstić information content (AvgIpc) is 2.69. The maximum atomic E-state index is 6.26. The SMILES string of the molecule is COc1cccc(Nc2cc3c(c(N)n2)CCN(Cc2ccccc2)C3)c1. The first-order valence-electron chi connectivity index (χ1n) is 9.17. The lowest BCUT2D eigenvalue weighted by molar-refractivity contribution is 0.245. The van der Waals surface area contributed by atoms with Crippen molar-refractivity contribution in [2.24, 2.45) is 0 Å². The predicted octanol–water partition coefficient (Wildman–Crippen LogP) is 3.97. The fourth-order valence-corrected chi connectivity index (χ4v) is 3.56. The number of methoxy groups -OCH3 is 1. The van der Waals surface area contributed by atoms with Crippen molar-refractivity contribution >= 4 is 17.3 Å². The highest BCUT2D eigenvalue weighted by atomic mass is 16.5. The van der Waals surface area contributed by atoms with Gasteiger partial charge in [0.05, 0.1) is 7.11 Å². The summed E-state index contributed by atoms with van der Waals surface area (Å²) in [6.07, 6.45) is 0.931. The van der Waals surface area contributed by atoms with Crippen LogP contribution in [0, 0.1) is 0 Å². The van der Waals surface area contributed by atoms with Gasteiger partial charge in [0.15, 0.2) is 0 Å². The topological polar surface area (TPSA) is 63.4 Å². The maximum absolute atomic E-state index is 6.26. The van der Waals surface area contributed by atoms with E-state index in [1.807, 2.05) is 24.3 Å². The van der Waals surface area contributed by atoms with Crippen molar-refractivity contribution in [2.75, 3.05) is 24.7 Å². The standard InChI is InChI=1S/C22H24N4O/c1-27-19-9-5-8-18(13-19)24-21-12-17-15-26(11-10-20(17)22(23)25-21)14-16-6-3-2-4-7-16/h2-9,12-13H,10-11,14-15H2,1H3,(H3,23,24,25). The molecule has 3 aromatic rings. The van der Waals surface area contributed by atoms with Gasteiger partial charge in [-0.2, -0.15) is 0 Å². The zero-order valence-electron chi connectivity index (χ0n) is 15.5. The number of anilines is 3. The van der Waals surface area contributed by atoms with Gasteiger partial charge in [0.25, 0.3) is 0 Å². The Morgan fingerprint density at radius 3 is 2.78 bits per heavy atom. The zero-order valence-corrected chi connectivity index (χ0v) is 15.5. The van der Waals surface area contributed by atoms with Crippen molar-refractivity contribution in [1.82, 2.24) is 9.88 Å². The van der Waals surface area contributed by atoms with Crippen LogP contribution in [0.5, 0.6) is 5.75 Å². The highest BCUT2D eigenvalue weighted by Gasteiger charge is 2.20. The summed E-state index contributed by atoms with van der Waals surface area (Å²) in [5, 5.41) is 3.34. The minimum Gasteiger partial charge on any atom is -0.497 e. The van der Waals surface area contributed by atoms with Crippen LogP contribution in [0.15, 0.2) is 60.7 Å². The van der Waals surface area contributed by atoms with Crippen molar-refractivity contribution in [2.45, 2.75) is 19.5 Å². The molecule has 0 unspecified atom stereocenters. The lowest BCUT2D eigenvalue weighted by atomic mass is 10.00. The van der Waals surface area contributed by atoms with Crippen LogP contribution in [0.2, 0.25) is 0 Å². The molecule has 0 saturated heterocycles. The van der Waals surface area contributed by atoms with Crippen molar-refractivity contribution in [3.63, 3.8) is 0 Å². The number of ether oxygens (including phenoxy) is 1. The third-order valence-electron chi connectivity index (χ3n) is 4.91. The van der Waals surface area contributed by atoms with Gasteiger partial charge in [-0.1, -0.05) is 36.4 Å². The van der Waals surface area contributed by atoms with Gasteiger partial charge in [0.2, 0.25) is 0 Å². The first kappa shape index (κ1) is 17.4. The van der Waals surface area contributed by atoms with E-state index in [0.29, 0.717) is 5.82 Å². The van der Waals surface area contributed by atoms with E-state index in [9.17, 15) is 0 Å². The normalized spacial score (nSPS) is 13.8. The summed E-state index contributed by atoms with van der Waals surface area (Å²) >= 11 is 0. The molecule has 0 saturated carbocycles. The van der Waals surface area contributed by atoms with Gasteiger partial charge in [-0.05, 0) is 35.7 Å². The molecule has 5 nitrogen and oxygen atoms in total. The molecule has 0 fully saturated rings. The van der Waals surface area contributed by atoms with Crippen LogP contribution in [0.4, 0.5) is 17.3 Å². The maximum Gasteiger partial charge on any atom is 0.133 e. The minimum absolute atomic E-state index is 0.622. The van der Waals surface area contributed by atoms with Gasteiger partial charge < -0.3 is 15.8 Å². The summed E-state index contributed by atoms with van der Waals surface area (Å²) in [6.45, 7) is 2.82. The molecule has 1 aliphatic heterocycles. The number of nitrogens with two attached hydrogens (primary N) is 1. The molecule has 0 radical (unpaired) electrons. The van der Waals surface area contributed by atoms with Gasteiger partial charge in [0, 0.05) is 37.0 Å². The van der Waals surface area contributed by atoms with Gasteiger partial charge in [-0.25, -0.2) is 4.98 Å². The number of hydrogen-bond acceptors (Lipinski definition) is 5. The van der Waals surface area contributed by atoms with Crippen LogP contribution in [-0.4, -0.2) is 23.5 Å². The molecule has 1 aliphatic rings. The van der Waals surface area contributed by atoms with Crippen molar-refractivity contribution in [1.29, 1.82) is 0 Å². The Kier molecular flexibility index (Phi) is 4.94. The second-order valence-corrected chi connectivity index (χ2v) is 6.83. The quantitative estimate of drug-likeness (QED) is 0.721. The number of benzene rings is 2. The number of nitrogens with zero attached hydrogens (tertiary/aromatic N) is 2. The Balaban J connectivity index is 1.53. The first-order chi connectivity index (χ1) is 13.2. The summed E-state index contributed by atoms with van der Waals surface area (Å²) in [4.78, 5) is 7.00. The fourth-order valence-electron chi connectivity index (χ4n) is 3.56. The van der Waals surface area contributed by atoms with Crippen molar-refractivity contribution < 1.29 is 4.74 Å². The molecule has 0 atom stereocenters. The van der Waals surface area contributed by atoms with E-state index in [1.54, 1.807) is 7.11 Å². The van der Waals surface area contributed by atoms with E-state index >= 15 is 0 Å². The number of pyridine rings is 1. The van der Waals surface area contributed by atoms with E-state index in [-0.39, 0.29) is 0 Å². The highest BCUT2D eigenvalue weighted by Crippen LogP contribution is 2.28. The van der Waals surface area contributed by atoms with Gasteiger partial charge in [-0.3, -0.25) is 4.90 Å².